The van der Waals surface area contributed by atoms with Crippen LogP contribution in [0.5, 0.6) is 0 Å². The van der Waals surface area contributed by atoms with Crippen LogP contribution < -0.4 is 0 Å². The Balaban J connectivity index is 2.94. The normalized spacial score (nSPS) is 25.2. The van der Waals surface area contributed by atoms with Crippen molar-refractivity contribution < 1.29 is 15.0 Å². The van der Waals surface area contributed by atoms with Crippen molar-refractivity contribution in [2.45, 2.75) is 5.79 Å². The molecule has 0 bridgehead atoms. The molecule has 1 rings (SSSR count). The predicted octanol–water partition coefficient (Wildman–Crippen LogP) is -0.502. The zero-order chi connectivity index (χ0) is 10.1. The molecule has 0 heterocycles. The van der Waals surface area contributed by atoms with Crippen LogP contribution in [0.3, 0.4) is 0 Å². The third-order valence-corrected chi connectivity index (χ3v) is 1.99. The van der Waals surface area contributed by atoms with Gasteiger partial charge in [0.25, 0.3) is 0 Å². The van der Waals surface area contributed by atoms with Crippen LogP contribution in [0.25, 0.3) is 0 Å². The summed E-state index contributed by atoms with van der Waals surface area (Å²) in [6.45, 7) is 0. The number of likely N-dealkylation sites (N-methyl/N-ethyl adjacent to an activating group) is 1. The second kappa shape index (κ2) is 3.32. The van der Waals surface area contributed by atoms with E-state index < -0.39 is 11.7 Å². The highest BCUT2D eigenvalue weighted by atomic mass is 16.5. The second-order valence-corrected chi connectivity index (χ2v) is 3.27. The van der Waals surface area contributed by atoms with Crippen molar-refractivity contribution in [3.05, 3.63) is 23.9 Å². The molecule has 0 amide bonds. The summed E-state index contributed by atoms with van der Waals surface area (Å²) in [4.78, 5) is 12.2. The van der Waals surface area contributed by atoms with Crippen molar-refractivity contribution in [2.24, 2.45) is 5.92 Å². The average Bonchev–Trinajstić information content (AvgIpc) is 2.02. The van der Waals surface area contributed by atoms with Gasteiger partial charge in [-0.15, -0.1) is 0 Å². The number of allylic oxidation sites excluding steroid dienone is 1. The van der Waals surface area contributed by atoms with Crippen LogP contribution >= 0.6 is 0 Å². The van der Waals surface area contributed by atoms with Crippen molar-refractivity contribution >= 4 is 6.29 Å². The molecule has 0 aromatic heterocycles. The molecule has 2 N–H and O–H groups in total. The van der Waals surface area contributed by atoms with Gasteiger partial charge in [-0.1, -0.05) is 6.08 Å². The largest absolute Gasteiger partial charge is 0.378 e. The van der Waals surface area contributed by atoms with Crippen molar-refractivity contribution in [1.82, 2.24) is 4.90 Å². The van der Waals surface area contributed by atoms with E-state index in [9.17, 15) is 15.0 Å². The van der Waals surface area contributed by atoms with E-state index in [4.69, 9.17) is 0 Å². The van der Waals surface area contributed by atoms with Crippen molar-refractivity contribution in [2.75, 3.05) is 14.1 Å². The molecule has 4 heteroatoms. The zero-order valence-electron chi connectivity index (χ0n) is 7.64. The van der Waals surface area contributed by atoms with E-state index >= 15 is 0 Å². The molecule has 0 saturated carbocycles. The van der Waals surface area contributed by atoms with Crippen LogP contribution in [0.15, 0.2) is 23.9 Å². The fourth-order valence-electron chi connectivity index (χ4n) is 1.13. The average molecular weight is 183 g/mol. The number of aldehydes is 1. The molecule has 1 aliphatic carbocycles. The minimum atomic E-state index is -2.06. The van der Waals surface area contributed by atoms with Crippen LogP contribution in [0, 0.1) is 5.92 Å². The first-order chi connectivity index (χ1) is 5.97. The molecule has 1 aliphatic rings. The smallest absolute Gasteiger partial charge is 0.198 e. The molecule has 0 fully saturated rings. The van der Waals surface area contributed by atoms with Gasteiger partial charge in [-0.2, -0.15) is 0 Å². The molecule has 1 unspecified atom stereocenters. The molecule has 1 atom stereocenters. The van der Waals surface area contributed by atoms with Gasteiger partial charge in [0.2, 0.25) is 0 Å². The quantitative estimate of drug-likeness (QED) is 0.447. The number of carbonyl (C=O) groups excluding carboxylic acids is 1. The van der Waals surface area contributed by atoms with Gasteiger partial charge >= 0.3 is 0 Å². The molecule has 0 saturated heterocycles. The summed E-state index contributed by atoms with van der Waals surface area (Å²) in [5, 5.41) is 18.8. The van der Waals surface area contributed by atoms with Gasteiger partial charge in [-0.3, -0.25) is 0 Å². The van der Waals surface area contributed by atoms with Crippen LogP contribution in [0.1, 0.15) is 0 Å². The molecule has 13 heavy (non-hydrogen) atoms. The number of carbonyl (C=O) groups is 1. The number of rotatable bonds is 2. The van der Waals surface area contributed by atoms with E-state index in [1.165, 1.54) is 12.2 Å². The lowest BCUT2D eigenvalue weighted by atomic mass is 9.94. The maximum atomic E-state index is 10.4. The van der Waals surface area contributed by atoms with Crippen LogP contribution in [-0.4, -0.2) is 41.3 Å². The van der Waals surface area contributed by atoms with Gasteiger partial charge in [-0.25, -0.2) is 0 Å². The van der Waals surface area contributed by atoms with Gasteiger partial charge < -0.3 is 19.9 Å². The van der Waals surface area contributed by atoms with E-state index in [1.54, 1.807) is 25.1 Å². The molecule has 0 aromatic rings. The topological polar surface area (TPSA) is 60.8 Å². The lowest BCUT2D eigenvalue weighted by molar-refractivity contribution is -0.155. The molecule has 0 radical (unpaired) electrons. The van der Waals surface area contributed by atoms with Crippen LogP contribution in [-0.2, 0) is 4.79 Å². The fraction of sp³-hybridized carbons (Fsp3) is 0.444. The highest BCUT2D eigenvalue weighted by Crippen LogP contribution is 2.24. The van der Waals surface area contributed by atoms with E-state index in [-0.39, 0.29) is 0 Å². The summed E-state index contributed by atoms with van der Waals surface area (Å²) in [6, 6.07) is 0. The summed E-state index contributed by atoms with van der Waals surface area (Å²) in [7, 11) is 3.57. The maximum Gasteiger partial charge on any atom is 0.198 e. The first-order valence-electron chi connectivity index (χ1n) is 3.96. The number of hydrogen-bond acceptors (Lipinski definition) is 4. The Labute approximate surface area is 76.8 Å². The highest BCUT2D eigenvalue weighted by Gasteiger charge is 2.33. The SMILES string of the molecule is CN(C)C1=CC(O)(O)C(C=O)C=C1. The summed E-state index contributed by atoms with van der Waals surface area (Å²) < 4.78 is 0. The standard InChI is InChI=1S/C9H13NO3/c1-10(2)8-4-3-7(6-11)9(12,13)5-8/h3-7,12-13H,1-2H3. The molecular weight excluding hydrogens is 170 g/mol. The summed E-state index contributed by atoms with van der Waals surface area (Å²) in [5.41, 5.74) is 0.670. The van der Waals surface area contributed by atoms with Crippen molar-refractivity contribution in [1.29, 1.82) is 0 Å². The molecule has 0 spiro atoms. The van der Waals surface area contributed by atoms with E-state index in [0.717, 1.165) is 0 Å². The first-order valence-corrected chi connectivity index (χ1v) is 3.96. The Morgan fingerprint density at radius 3 is 2.54 bits per heavy atom. The molecular formula is C9H13NO3. The minimum Gasteiger partial charge on any atom is -0.378 e. The second-order valence-electron chi connectivity index (χ2n) is 3.27. The fourth-order valence-corrected chi connectivity index (χ4v) is 1.13. The van der Waals surface area contributed by atoms with Crippen LogP contribution in [0.4, 0.5) is 0 Å². The van der Waals surface area contributed by atoms with Crippen LogP contribution in [0.2, 0.25) is 0 Å². The number of nitrogens with zero attached hydrogens (tertiary/aromatic N) is 1. The van der Waals surface area contributed by atoms with Gasteiger partial charge in [0.1, 0.15) is 6.29 Å². The van der Waals surface area contributed by atoms with Gasteiger partial charge in [0, 0.05) is 19.8 Å². The zero-order valence-corrected chi connectivity index (χ0v) is 7.64. The summed E-state index contributed by atoms with van der Waals surface area (Å²) in [6.07, 6.45) is 4.93. The maximum absolute atomic E-state index is 10.4. The Kier molecular flexibility index (Phi) is 2.54. The van der Waals surface area contributed by atoms with Gasteiger partial charge in [-0.05, 0) is 12.2 Å². The van der Waals surface area contributed by atoms with E-state index in [1.807, 2.05) is 0 Å². The summed E-state index contributed by atoms with van der Waals surface area (Å²) >= 11 is 0. The van der Waals surface area contributed by atoms with Gasteiger partial charge in [0.05, 0.1) is 5.92 Å². The lowest BCUT2D eigenvalue weighted by Gasteiger charge is -2.28. The Morgan fingerprint density at radius 1 is 1.54 bits per heavy atom. The molecule has 72 valence electrons. The Morgan fingerprint density at radius 2 is 2.15 bits per heavy atom. The minimum absolute atomic E-state index is 0.513. The first kappa shape index (κ1) is 9.95. The third-order valence-electron chi connectivity index (χ3n) is 1.99. The van der Waals surface area contributed by atoms with E-state index in [0.29, 0.717) is 12.0 Å². The Hall–Kier alpha value is -1.13. The van der Waals surface area contributed by atoms with Gasteiger partial charge in [0.15, 0.2) is 5.79 Å². The predicted molar refractivity (Wildman–Crippen MR) is 47.6 cm³/mol. The number of aliphatic hydroxyl groups is 2. The van der Waals surface area contributed by atoms with Crippen molar-refractivity contribution in [3.8, 4) is 0 Å². The molecule has 0 aliphatic heterocycles. The van der Waals surface area contributed by atoms with Crippen molar-refractivity contribution in [3.63, 3.8) is 0 Å². The van der Waals surface area contributed by atoms with E-state index in [2.05, 4.69) is 0 Å². The number of hydrogen-bond donors (Lipinski definition) is 2. The third kappa shape index (κ3) is 1.96. The monoisotopic (exact) mass is 183 g/mol. The Bertz CT molecular complexity index is 266. The lowest BCUT2D eigenvalue weighted by Crippen LogP contribution is -2.38. The summed E-state index contributed by atoms with van der Waals surface area (Å²) in [5.74, 6) is -2.94. The highest BCUT2D eigenvalue weighted by molar-refractivity contribution is 5.60. The molecule has 0 aromatic carbocycles. The molecule has 4 nitrogen and oxygen atoms in total.